The molecule has 1 aliphatic rings. The predicted molar refractivity (Wildman–Crippen MR) is 112 cm³/mol. The zero-order valence-corrected chi connectivity index (χ0v) is 16.3. The summed E-state index contributed by atoms with van der Waals surface area (Å²) in [7, 11) is 1.67. The van der Waals surface area contributed by atoms with Gasteiger partial charge >= 0.3 is 0 Å². The molecule has 0 saturated heterocycles. The molecule has 1 aromatic heterocycles. The number of nitrogens with zero attached hydrogens (tertiary/aromatic N) is 2. The maximum absolute atomic E-state index is 12.5. The lowest BCUT2D eigenvalue weighted by molar-refractivity contribution is -0.121. The summed E-state index contributed by atoms with van der Waals surface area (Å²) in [5.74, 6) is 0.238. The van der Waals surface area contributed by atoms with Gasteiger partial charge in [0, 0.05) is 37.2 Å². The van der Waals surface area contributed by atoms with Gasteiger partial charge in [0.25, 0.3) is 11.5 Å². The molecular weight excluding hydrogens is 370 g/mol. The van der Waals surface area contributed by atoms with E-state index in [-0.39, 0.29) is 36.9 Å². The smallest absolute Gasteiger partial charge is 0.264 e. The molecule has 1 aliphatic heterocycles. The van der Waals surface area contributed by atoms with Crippen LogP contribution in [-0.2, 0) is 16.1 Å². The summed E-state index contributed by atoms with van der Waals surface area (Å²) in [6.07, 6.45) is 0.148. The first-order valence-corrected chi connectivity index (χ1v) is 9.36. The van der Waals surface area contributed by atoms with Crippen molar-refractivity contribution in [2.75, 3.05) is 23.9 Å². The van der Waals surface area contributed by atoms with Gasteiger partial charge in [-0.1, -0.05) is 18.2 Å². The predicted octanol–water partition coefficient (Wildman–Crippen LogP) is 2.69. The summed E-state index contributed by atoms with van der Waals surface area (Å²) in [5, 5.41) is 3.82. The van der Waals surface area contributed by atoms with E-state index in [2.05, 4.69) is 5.32 Å². The average molecular weight is 391 g/mol. The number of hydrogen-bond acceptors (Lipinski definition) is 4. The monoisotopic (exact) mass is 391 g/mol. The molecule has 0 radical (unpaired) electrons. The third-order valence-electron chi connectivity index (χ3n) is 5.12. The molecule has 0 fully saturated rings. The molecule has 0 atom stereocenters. The Hall–Kier alpha value is -3.61. The minimum absolute atomic E-state index is 0.00840. The maximum Gasteiger partial charge on any atom is 0.264 e. The number of fused-ring (bicyclic) bond motifs is 2. The van der Waals surface area contributed by atoms with Gasteiger partial charge < -0.3 is 19.5 Å². The van der Waals surface area contributed by atoms with Gasteiger partial charge in [0.15, 0.2) is 6.61 Å². The van der Waals surface area contributed by atoms with Gasteiger partial charge in [0.2, 0.25) is 5.91 Å². The number of aromatic nitrogens is 1. The highest BCUT2D eigenvalue weighted by molar-refractivity contribution is 5.99. The summed E-state index contributed by atoms with van der Waals surface area (Å²) in [6, 6.07) is 14.4. The van der Waals surface area contributed by atoms with E-state index in [1.165, 1.54) is 4.90 Å². The minimum atomic E-state index is -0.216. The van der Waals surface area contributed by atoms with Crippen LogP contribution >= 0.6 is 0 Å². The molecule has 3 aromatic rings. The van der Waals surface area contributed by atoms with E-state index >= 15 is 0 Å². The zero-order valence-electron chi connectivity index (χ0n) is 16.3. The van der Waals surface area contributed by atoms with Gasteiger partial charge in [-0.25, -0.2) is 0 Å². The lowest BCUT2D eigenvalue weighted by Crippen LogP contribution is -2.35. The number of likely N-dealkylation sites (N-methyl/N-ethyl adjacent to an activating group) is 1. The van der Waals surface area contributed by atoms with Gasteiger partial charge in [-0.15, -0.1) is 0 Å². The van der Waals surface area contributed by atoms with E-state index in [4.69, 9.17) is 4.74 Å². The van der Waals surface area contributed by atoms with Crippen molar-refractivity contribution in [3.05, 3.63) is 64.4 Å². The molecule has 7 nitrogen and oxygen atoms in total. The minimum Gasteiger partial charge on any atom is -0.482 e. The van der Waals surface area contributed by atoms with Gasteiger partial charge in [-0.2, -0.15) is 0 Å². The normalized spacial score (nSPS) is 13.2. The molecule has 0 saturated carbocycles. The van der Waals surface area contributed by atoms with Crippen LogP contribution in [0.15, 0.2) is 53.3 Å². The van der Waals surface area contributed by atoms with Crippen LogP contribution in [0.3, 0.4) is 0 Å². The molecule has 2 heterocycles. The number of hydrogen-bond donors (Lipinski definition) is 1. The van der Waals surface area contributed by atoms with Crippen molar-refractivity contribution in [3.8, 4) is 5.75 Å². The highest BCUT2D eigenvalue weighted by atomic mass is 16.5. The van der Waals surface area contributed by atoms with Gasteiger partial charge in [-0.05, 0) is 36.8 Å². The van der Waals surface area contributed by atoms with Crippen LogP contribution in [0.5, 0.6) is 5.75 Å². The Balaban J connectivity index is 1.50. The van der Waals surface area contributed by atoms with Crippen LogP contribution < -0.4 is 20.5 Å². The molecule has 29 heavy (non-hydrogen) atoms. The van der Waals surface area contributed by atoms with Crippen LogP contribution in [0.2, 0.25) is 0 Å². The third kappa shape index (κ3) is 3.59. The second-order valence-corrected chi connectivity index (χ2v) is 7.06. The fraction of sp³-hybridized carbons (Fsp3) is 0.227. The van der Waals surface area contributed by atoms with Crippen molar-refractivity contribution in [2.45, 2.75) is 19.9 Å². The number of carbonyl (C=O) groups excluding carboxylic acids is 2. The topological polar surface area (TPSA) is 80.6 Å². The highest BCUT2D eigenvalue weighted by Crippen LogP contribution is 2.33. The van der Waals surface area contributed by atoms with Crippen molar-refractivity contribution < 1.29 is 14.3 Å². The van der Waals surface area contributed by atoms with E-state index in [9.17, 15) is 14.4 Å². The van der Waals surface area contributed by atoms with Crippen molar-refractivity contribution >= 4 is 34.1 Å². The van der Waals surface area contributed by atoms with Gasteiger partial charge in [0.05, 0.1) is 11.2 Å². The standard InChI is InChI=1S/C22H21N3O4/c1-14-11-21(27)25(17-6-4-3-5-16(14)17)10-9-20(26)23-15-7-8-19-18(12-15)24(2)22(28)13-29-19/h3-8,11-12H,9-10,13H2,1-2H3,(H,23,26). The summed E-state index contributed by atoms with van der Waals surface area (Å²) < 4.78 is 7.01. The summed E-state index contributed by atoms with van der Waals surface area (Å²) in [6.45, 7) is 2.19. The summed E-state index contributed by atoms with van der Waals surface area (Å²) in [4.78, 5) is 38.2. The fourth-order valence-electron chi connectivity index (χ4n) is 3.52. The Morgan fingerprint density at radius 2 is 1.93 bits per heavy atom. The van der Waals surface area contributed by atoms with Crippen molar-refractivity contribution in [1.29, 1.82) is 0 Å². The Kier molecular flexibility index (Phi) is 4.80. The number of ether oxygens (including phenoxy) is 1. The SMILES string of the molecule is Cc1cc(=O)n(CCC(=O)Nc2ccc3c(c2)N(C)C(=O)CO3)c2ccccc12. The van der Waals surface area contributed by atoms with Crippen LogP contribution in [0.1, 0.15) is 12.0 Å². The number of nitrogens with one attached hydrogen (secondary N) is 1. The second kappa shape index (κ2) is 7.43. The molecular formula is C22H21N3O4. The lowest BCUT2D eigenvalue weighted by Gasteiger charge is -2.26. The molecule has 0 aliphatic carbocycles. The van der Waals surface area contributed by atoms with Crippen LogP contribution in [0.4, 0.5) is 11.4 Å². The number of anilines is 2. The van der Waals surface area contributed by atoms with Crippen molar-refractivity contribution in [3.63, 3.8) is 0 Å². The van der Waals surface area contributed by atoms with Crippen LogP contribution in [-0.4, -0.2) is 30.0 Å². The number of benzene rings is 2. The first-order valence-electron chi connectivity index (χ1n) is 9.36. The molecule has 0 spiro atoms. The van der Waals surface area contributed by atoms with Gasteiger partial charge in [-0.3, -0.25) is 14.4 Å². The molecule has 0 unspecified atom stereocenters. The molecule has 0 bridgehead atoms. The molecule has 4 rings (SSSR count). The quantitative estimate of drug-likeness (QED) is 0.742. The largest absolute Gasteiger partial charge is 0.482 e. The average Bonchev–Trinajstić information content (AvgIpc) is 2.71. The van der Waals surface area contributed by atoms with Crippen molar-refractivity contribution in [1.82, 2.24) is 4.57 Å². The summed E-state index contributed by atoms with van der Waals surface area (Å²) >= 11 is 0. The summed E-state index contributed by atoms with van der Waals surface area (Å²) in [5.41, 5.74) is 2.79. The highest BCUT2D eigenvalue weighted by Gasteiger charge is 2.22. The van der Waals surface area contributed by atoms with Crippen LogP contribution in [0.25, 0.3) is 10.9 Å². The fourth-order valence-corrected chi connectivity index (χ4v) is 3.52. The number of rotatable bonds is 4. The Labute approximate surface area is 167 Å². The Morgan fingerprint density at radius 1 is 1.14 bits per heavy atom. The Morgan fingerprint density at radius 3 is 2.76 bits per heavy atom. The maximum atomic E-state index is 12.5. The van der Waals surface area contributed by atoms with Gasteiger partial charge in [0.1, 0.15) is 5.75 Å². The number of pyridine rings is 1. The molecule has 2 aromatic carbocycles. The molecule has 1 N–H and O–H groups in total. The molecule has 7 heteroatoms. The number of carbonyl (C=O) groups is 2. The zero-order chi connectivity index (χ0) is 20.5. The number of para-hydroxylation sites is 1. The van der Waals surface area contributed by atoms with Crippen molar-refractivity contribution in [2.24, 2.45) is 0 Å². The lowest BCUT2D eigenvalue weighted by atomic mass is 10.1. The van der Waals surface area contributed by atoms with E-state index in [1.54, 1.807) is 35.9 Å². The van der Waals surface area contributed by atoms with Crippen LogP contribution in [0, 0.1) is 6.92 Å². The Bertz CT molecular complexity index is 1180. The van der Waals surface area contributed by atoms with E-state index < -0.39 is 0 Å². The first kappa shape index (κ1) is 18.7. The number of amides is 2. The number of aryl methyl sites for hydroxylation is 2. The second-order valence-electron chi connectivity index (χ2n) is 7.06. The molecule has 148 valence electrons. The van der Waals surface area contributed by atoms with E-state index in [0.717, 1.165) is 16.5 Å². The third-order valence-corrected chi connectivity index (χ3v) is 5.12. The molecule has 2 amide bonds. The van der Waals surface area contributed by atoms with E-state index in [0.29, 0.717) is 17.1 Å². The first-order chi connectivity index (χ1) is 13.9. The van der Waals surface area contributed by atoms with E-state index in [1.807, 2.05) is 31.2 Å².